The van der Waals surface area contributed by atoms with Gasteiger partial charge in [0.25, 0.3) is 0 Å². The highest BCUT2D eigenvalue weighted by Crippen LogP contribution is 2.56. The van der Waals surface area contributed by atoms with Crippen LogP contribution in [0.5, 0.6) is 5.75 Å². The van der Waals surface area contributed by atoms with E-state index in [2.05, 4.69) is 5.32 Å². The van der Waals surface area contributed by atoms with E-state index in [4.69, 9.17) is 26.4 Å². The van der Waals surface area contributed by atoms with E-state index < -0.39 is 17.5 Å². The number of urea groups is 1. The van der Waals surface area contributed by atoms with Crippen molar-refractivity contribution >= 4 is 75.5 Å². The molecule has 0 spiro atoms. The van der Waals surface area contributed by atoms with Gasteiger partial charge in [-0.05, 0) is 51.1 Å². The number of carbonyl (C=O) groups excluding carboxylic acids is 3. The quantitative estimate of drug-likeness (QED) is 0.264. The molecule has 0 fully saturated rings. The number of thioether (sulfide) groups is 2. The fourth-order valence-corrected chi connectivity index (χ4v) is 7.15. The summed E-state index contributed by atoms with van der Waals surface area (Å²) in [6.45, 7) is 6.05. The third kappa shape index (κ3) is 5.05. The summed E-state index contributed by atoms with van der Waals surface area (Å²) in [7, 11) is 2.50. The Morgan fingerprint density at radius 1 is 0.974 bits per heavy atom. The first-order valence-corrected chi connectivity index (χ1v) is 13.7. The number of ether oxygens (including phenoxy) is 3. The smallest absolute Gasteiger partial charge is 0.346 e. The van der Waals surface area contributed by atoms with Crippen molar-refractivity contribution in [2.75, 3.05) is 31.0 Å². The number of hydrogen-bond donors (Lipinski definition) is 1. The summed E-state index contributed by atoms with van der Waals surface area (Å²) in [5.41, 5.74) is 1.59. The highest BCUT2D eigenvalue weighted by atomic mass is 32.2. The summed E-state index contributed by atoms with van der Waals surface area (Å²) < 4.78 is 16.2. The Bertz CT molecular complexity index is 1350. The Hall–Kier alpha value is -3.28. The van der Waals surface area contributed by atoms with Crippen molar-refractivity contribution in [1.82, 2.24) is 0 Å². The average Bonchev–Trinajstić information content (AvgIpc) is 3.34. The number of amides is 2. The monoisotopic (exact) mass is 570 g/mol. The molecule has 0 unspecified atom stereocenters. The van der Waals surface area contributed by atoms with Crippen LogP contribution in [0.1, 0.15) is 26.3 Å². The molecule has 8 nitrogen and oxygen atoms in total. The molecule has 38 heavy (non-hydrogen) atoms. The second kappa shape index (κ2) is 11.2. The normalized spacial score (nSPS) is 16.2. The Labute approximate surface area is 234 Å². The first-order chi connectivity index (χ1) is 18.1. The molecule has 0 bridgehead atoms. The SMILES string of the molecule is CCOc1ccc2c(c1)C(=C1SC(C(=O)OC)=C(C(=O)OC)S1)C(=S)C(C)(C)N2C(=O)Nc1ccccc1. The number of benzene rings is 2. The molecule has 198 valence electrons. The zero-order valence-corrected chi connectivity index (χ0v) is 23.9. The molecule has 11 heteroatoms. The van der Waals surface area contributed by atoms with Crippen LogP contribution in [0.15, 0.2) is 62.6 Å². The van der Waals surface area contributed by atoms with Gasteiger partial charge in [-0.2, -0.15) is 0 Å². The number of methoxy groups -OCH3 is 2. The molecule has 2 amide bonds. The lowest BCUT2D eigenvalue weighted by Crippen LogP contribution is -2.57. The van der Waals surface area contributed by atoms with Crippen LogP contribution in [0.25, 0.3) is 5.57 Å². The van der Waals surface area contributed by atoms with Crippen molar-refractivity contribution in [3.8, 4) is 5.75 Å². The number of esters is 2. The molecule has 2 aliphatic heterocycles. The van der Waals surface area contributed by atoms with Gasteiger partial charge in [0, 0.05) is 16.8 Å². The molecule has 0 saturated carbocycles. The third-order valence-electron chi connectivity index (χ3n) is 5.90. The summed E-state index contributed by atoms with van der Waals surface area (Å²) >= 11 is 8.21. The lowest BCUT2D eigenvalue weighted by molar-refractivity contribution is -0.138. The number of nitrogens with zero attached hydrogens (tertiary/aromatic N) is 1. The fourth-order valence-electron chi connectivity index (χ4n) is 4.12. The molecule has 0 aromatic heterocycles. The maximum absolute atomic E-state index is 13.7. The van der Waals surface area contributed by atoms with Crippen LogP contribution in [-0.4, -0.2) is 49.2 Å². The fraction of sp³-hybridized carbons (Fsp3) is 0.259. The van der Waals surface area contributed by atoms with Crippen LogP contribution in [0, 0.1) is 0 Å². The van der Waals surface area contributed by atoms with Crippen LogP contribution < -0.4 is 15.0 Å². The minimum absolute atomic E-state index is 0.124. The van der Waals surface area contributed by atoms with Gasteiger partial charge in [-0.25, -0.2) is 14.4 Å². The van der Waals surface area contributed by atoms with Crippen molar-refractivity contribution in [3.05, 3.63) is 68.1 Å². The van der Waals surface area contributed by atoms with Crippen molar-refractivity contribution < 1.29 is 28.6 Å². The molecule has 2 aliphatic rings. The van der Waals surface area contributed by atoms with Crippen LogP contribution in [0.2, 0.25) is 0 Å². The summed E-state index contributed by atoms with van der Waals surface area (Å²) in [4.78, 5) is 41.0. The van der Waals surface area contributed by atoms with Gasteiger partial charge in [0.1, 0.15) is 15.6 Å². The number of hydrogen-bond acceptors (Lipinski definition) is 9. The van der Waals surface area contributed by atoms with Gasteiger partial charge >= 0.3 is 18.0 Å². The van der Waals surface area contributed by atoms with E-state index in [-0.39, 0.29) is 15.8 Å². The average molecular weight is 571 g/mol. The van der Waals surface area contributed by atoms with Crippen LogP contribution in [0.4, 0.5) is 16.2 Å². The van der Waals surface area contributed by atoms with Gasteiger partial charge in [0.05, 0.1) is 41.2 Å². The molecule has 2 aromatic rings. The Balaban J connectivity index is 1.88. The van der Waals surface area contributed by atoms with E-state index in [1.54, 1.807) is 23.1 Å². The molecule has 0 radical (unpaired) electrons. The summed E-state index contributed by atoms with van der Waals surface area (Å²) in [6.07, 6.45) is 0. The molecule has 4 rings (SSSR count). The zero-order valence-electron chi connectivity index (χ0n) is 21.4. The van der Waals surface area contributed by atoms with Crippen molar-refractivity contribution in [2.24, 2.45) is 0 Å². The van der Waals surface area contributed by atoms with E-state index in [1.807, 2.05) is 51.1 Å². The standard InChI is InChI=1S/C27H26N2O6S3/c1-6-35-16-12-13-18-17(14-16)19(25-37-20(23(30)33-4)21(38-25)24(31)34-5)22(36)27(2,3)29(18)26(32)28-15-10-8-7-9-11-15/h7-14H,6H2,1-5H3,(H,28,32). The highest BCUT2D eigenvalue weighted by Gasteiger charge is 2.46. The lowest BCUT2D eigenvalue weighted by Gasteiger charge is -2.45. The molecule has 0 aliphatic carbocycles. The number of carbonyl (C=O) groups is 3. The van der Waals surface area contributed by atoms with E-state index in [0.717, 1.165) is 23.5 Å². The van der Waals surface area contributed by atoms with Gasteiger partial charge in [-0.3, -0.25) is 4.90 Å². The maximum atomic E-state index is 13.7. The maximum Gasteiger partial charge on any atom is 0.346 e. The Kier molecular flexibility index (Phi) is 8.19. The minimum Gasteiger partial charge on any atom is -0.494 e. The highest BCUT2D eigenvalue weighted by molar-refractivity contribution is 8.29. The number of rotatable bonds is 5. The summed E-state index contributed by atoms with van der Waals surface area (Å²) in [5.74, 6) is -0.698. The number of thiocarbonyl (C=S) groups is 1. The molecule has 2 heterocycles. The van der Waals surface area contributed by atoms with Gasteiger partial charge < -0.3 is 19.5 Å². The van der Waals surface area contributed by atoms with Crippen LogP contribution >= 0.6 is 35.7 Å². The molecule has 2 aromatic carbocycles. The Morgan fingerprint density at radius 3 is 2.13 bits per heavy atom. The molecular formula is C27H26N2O6S3. The minimum atomic E-state index is -0.947. The Morgan fingerprint density at radius 2 is 1.58 bits per heavy atom. The van der Waals surface area contributed by atoms with Gasteiger partial charge in [-0.15, -0.1) is 0 Å². The molecule has 0 atom stereocenters. The van der Waals surface area contributed by atoms with Crippen LogP contribution in [0.3, 0.4) is 0 Å². The predicted octanol–water partition coefficient (Wildman–Crippen LogP) is 5.99. The van der Waals surface area contributed by atoms with Crippen molar-refractivity contribution in [1.29, 1.82) is 0 Å². The zero-order chi connectivity index (χ0) is 27.6. The summed E-state index contributed by atoms with van der Waals surface area (Å²) in [6, 6.07) is 14.2. The van der Waals surface area contributed by atoms with Crippen molar-refractivity contribution in [3.63, 3.8) is 0 Å². The third-order valence-corrected chi connectivity index (χ3v) is 9.16. The second-order valence-electron chi connectivity index (χ2n) is 8.64. The largest absolute Gasteiger partial charge is 0.494 e. The molecule has 0 saturated heterocycles. The van der Waals surface area contributed by atoms with Crippen LogP contribution in [-0.2, 0) is 19.1 Å². The first kappa shape index (κ1) is 27.7. The number of para-hydroxylation sites is 1. The van der Waals surface area contributed by atoms with E-state index >= 15 is 0 Å². The molecule has 1 N–H and O–H groups in total. The summed E-state index contributed by atoms with van der Waals surface area (Å²) in [5, 5.41) is 2.95. The molecular weight excluding hydrogens is 545 g/mol. The van der Waals surface area contributed by atoms with E-state index in [1.165, 1.54) is 14.2 Å². The first-order valence-electron chi connectivity index (χ1n) is 11.6. The van der Waals surface area contributed by atoms with Crippen molar-refractivity contribution in [2.45, 2.75) is 26.3 Å². The topological polar surface area (TPSA) is 94.2 Å². The van der Waals surface area contributed by atoms with Gasteiger partial charge in [0.15, 0.2) is 0 Å². The van der Waals surface area contributed by atoms with E-state index in [9.17, 15) is 14.4 Å². The van der Waals surface area contributed by atoms with Gasteiger partial charge in [-0.1, -0.05) is 53.9 Å². The van der Waals surface area contributed by atoms with Gasteiger partial charge in [0.2, 0.25) is 0 Å². The lowest BCUT2D eigenvalue weighted by atomic mass is 9.83. The van der Waals surface area contributed by atoms with E-state index in [0.29, 0.717) is 44.0 Å². The number of anilines is 2. The second-order valence-corrected chi connectivity index (χ2v) is 11.3. The number of fused-ring (bicyclic) bond motifs is 1. The predicted molar refractivity (Wildman–Crippen MR) is 155 cm³/mol. The number of nitrogens with one attached hydrogen (secondary N) is 1.